The molecule has 0 aliphatic heterocycles. The minimum Gasteiger partial charge on any atom is -0.352 e. The molecule has 1 rings (SSSR count). The molecule has 0 saturated carbocycles. The van der Waals surface area contributed by atoms with Crippen molar-refractivity contribution in [3.63, 3.8) is 0 Å². The number of amides is 1. The molecule has 1 aromatic rings. The molecule has 0 aliphatic carbocycles. The normalized spacial score (nSPS) is 12.2. The number of unbranched alkanes of at least 4 members (excludes halogenated alkanes) is 4. The average molecular weight is 369 g/mol. The van der Waals surface area contributed by atoms with E-state index >= 15 is 0 Å². The number of rotatable bonds is 10. The first kappa shape index (κ1) is 21.6. The van der Waals surface area contributed by atoms with Crippen LogP contribution in [0.1, 0.15) is 71.8 Å². The van der Waals surface area contributed by atoms with E-state index in [-0.39, 0.29) is 17.3 Å². The van der Waals surface area contributed by atoms with E-state index in [1.165, 1.54) is 12.8 Å². The first-order valence-electron chi connectivity index (χ1n) is 9.04. The van der Waals surface area contributed by atoms with Gasteiger partial charge in [-0.3, -0.25) is 4.79 Å². The lowest BCUT2D eigenvalue weighted by Gasteiger charge is -2.21. The summed E-state index contributed by atoms with van der Waals surface area (Å²) in [5.41, 5.74) is 0.0341. The Balaban J connectivity index is 2.64. The third kappa shape index (κ3) is 8.50. The van der Waals surface area contributed by atoms with E-state index in [0.717, 1.165) is 19.3 Å². The van der Waals surface area contributed by atoms with Gasteiger partial charge < -0.3 is 5.32 Å². The molecule has 0 heterocycles. The Kier molecular flexibility index (Phi) is 8.59. The van der Waals surface area contributed by atoms with E-state index in [4.69, 9.17) is 0 Å². The van der Waals surface area contributed by atoms with Crippen molar-refractivity contribution in [3.8, 4) is 0 Å². The molecule has 25 heavy (non-hydrogen) atoms. The van der Waals surface area contributed by atoms with E-state index in [2.05, 4.69) is 17.0 Å². The Hall–Kier alpha value is -1.40. The molecule has 0 spiro atoms. The molecule has 0 bridgehead atoms. The molecular weight excluding hydrogens is 336 g/mol. The lowest BCUT2D eigenvalue weighted by molar-refractivity contribution is -0.121. The minimum atomic E-state index is -3.63. The highest BCUT2D eigenvalue weighted by atomic mass is 32.2. The summed E-state index contributed by atoms with van der Waals surface area (Å²) in [7, 11) is -3.63. The Morgan fingerprint density at radius 3 is 2.32 bits per heavy atom. The summed E-state index contributed by atoms with van der Waals surface area (Å²) in [4.78, 5) is 12.2. The van der Waals surface area contributed by atoms with Gasteiger partial charge in [-0.05, 0) is 38.8 Å². The van der Waals surface area contributed by atoms with Crippen LogP contribution >= 0.6 is 0 Å². The van der Waals surface area contributed by atoms with Gasteiger partial charge >= 0.3 is 0 Å². The summed E-state index contributed by atoms with van der Waals surface area (Å²) in [6, 6.07) is 6.78. The molecule has 0 fully saturated rings. The smallest absolute Gasteiger partial charge is 0.241 e. The average Bonchev–Trinajstić information content (AvgIpc) is 2.50. The van der Waals surface area contributed by atoms with Crippen LogP contribution in [0.3, 0.4) is 0 Å². The number of sulfonamides is 1. The number of hydrogen-bond donors (Lipinski definition) is 2. The maximum Gasteiger partial charge on any atom is 0.241 e. The molecule has 0 atom stereocenters. The summed E-state index contributed by atoms with van der Waals surface area (Å²) in [5, 5.41) is 2.83. The molecule has 1 amide bonds. The number of carbonyl (C=O) groups excluding carboxylic acids is 1. The van der Waals surface area contributed by atoms with Crippen LogP contribution in [0.4, 0.5) is 0 Å². The SMILES string of the molecule is CCCCCCCC(=O)NCc1ccccc1S(=O)(=O)NC(C)(C)C. The molecule has 6 heteroatoms. The van der Waals surface area contributed by atoms with Crippen LogP contribution in [0.2, 0.25) is 0 Å². The van der Waals surface area contributed by atoms with Gasteiger partial charge in [0.15, 0.2) is 0 Å². The Labute approximate surface area is 152 Å². The molecule has 0 radical (unpaired) electrons. The van der Waals surface area contributed by atoms with E-state index in [0.29, 0.717) is 12.0 Å². The number of benzene rings is 1. The highest BCUT2D eigenvalue weighted by molar-refractivity contribution is 7.89. The molecule has 1 aromatic carbocycles. The second-order valence-electron chi connectivity index (χ2n) is 7.40. The molecular formula is C19H32N2O3S. The zero-order valence-corrected chi connectivity index (χ0v) is 16.7. The third-order valence-electron chi connectivity index (χ3n) is 3.69. The van der Waals surface area contributed by atoms with Crippen LogP contribution in [0.5, 0.6) is 0 Å². The van der Waals surface area contributed by atoms with Gasteiger partial charge in [-0.25, -0.2) is 13.1 Å². The predicted molar refractivity (Wildman–Crippen MR) is 102 cm³/mol. The first-order chi connectivity index (χ1) is 11.7. The van der Waals surface area contributed by atoms with Gasteiger partial charge in [0.05, 0.1) is 4.90 Å². The Morgan fingerprint density at radius 1 is 1.04 bits per heavy atom. The maximum atomic E-state index is 12.6. The van der Waals surface area contributed by atoms with Crippen LogP contribution in [0.25, 0.3) is 0 Å². The highest BCUT2D eigenvalue weighted by Gasteiger charge is 2.24. The van der Waals surface area contributed by atoms with Gasteiger partial charge in [-0.15, -0.1) is 0 Å². The minimum absolute atomic E-state index is 0.0347. The van der Waals surface area contributed by atoms with Crippen LogP contribution in [0.15, 0.2) is 29.2 Å². The van der Waals surface area contributed by atoms with Gasteiger partial charge in [-0.1, -0.05) is 50.8 Å². The largest absolute Gasteiger partial charge is 0.352 e. The molecule has 0 unspecified atom stereocenters. The predicted octanol–water partition coefficient (Wildman–Crippen LogP) is 3.74. The first-order valence-corrected chi connectivity index (χ1v) is 10.5. The van der Waals surface area contributed by atoms with E-state index in [9.17, 15) is 13.2 Å². The van der Waals surface area contributed by atoms with Gasteiger partial charge in [0.25, 0.3) is 0 Å². The van der Waals surface area contributed by atoms with Crippen molar-refractivity contribution in [2.45, 2.75) is 83.2 Å². The quantitative estimate of drug-likeness (QED) is 0.618. The summed E-state index contributed by atoms with van der Waals surface area (Å²) < 4.78 is 27.8. The lowest BCUT2D eigenvalue weighted by atomic mass is 10.1. The summed E-state index contributed by atoms with van der Waals surface area (Å²) in [6.07, 6.45) is 5.95. The van der Waals surface area contributed by atoms with Crippen molar-refractivity contribution < 1.29 is 13.2 Å². The molecule has 0 aromatic heterocycles. The zero-order chi connectivity index (χ0) is 18.9. The number of hydrogen-bond acceptors (Lipinski definition) is 3. The van der Waals surface area contributed by atoms with E-state index in [1.54, 1.807) is 45.0 Å². The zero-order valence-electron chi connectivity index (χ0n) is 15.9. The topological polar surface area (TPSA) is 75.3 Å². The van der Waals surface area contributed by atoms with Gasteiger partial charge in [0.2, 0.25) is 15.9 Å². The lowest BCUT2D eigenvalue weighted by Crippen LogP contribution is -2.41. The fourth-order valence-electron chi connectivity index (χ4n) is 2.54. The van der Waals surface area contributed by atoms with Crippen molar-refractivity contribution in [2.24, 2.45) is 0 Å². The third-order valence-corrected chi connectivity index (χ3v) is 5.54. The second-order valence-corrected chi connectivity index (χ2v) is 9.05. The number of nitrogens with one attached hydrogen (secondary N) is 2. The fourth-order valence-corrected chi connectivity index (χ4v) is 4.20. The highest BCUT2D eigenvalue weighted by Crippen LogP contribution is 2.17. The van der Waals surface area contributed by atoms with Crippen molar-refractivity contribution in [3.05, 3.63) is 29.8 Å². The van der Waals surface area contributed by atoms with Crippen molar-refractivity contribution in [1.29, 1.82) is 0 Å². The molecule has 0 aliphatic rings. The monoisotopic (exact) mass is 368 g/mol. The number of carbonyl (C=O) groups is 1. The molecule has 142 valence electrons. The second kappa shape index (κ2) is 9.92. The molecule has 0 saturated heterocycles. The summed E-state index contributed by atoms with van der Waals surface area (Å²) >= 11 is 0. The van der Waals surface area contributed by atoms with E-state index < -0.39 is 15.6 Å². The standard InChI is InChI=1S/C19H32N2O3S/c1-5-6-7-8-9-14-18(22)20-15-16-12-10-11-13-17(16)25(23,24)21-19(2,3)4/h10-13,21H,5-9,14-15H2,1-4H3,(H,20,22). The van der Waals surface area contributed by atoms with Crippen molar-refractivity contribution >= 4 is 15.9 Å². The van der Waals surface area contributed by atoms with Crippen LogP contribution in [0, 0.1) is 0 Å². The van der Waals surface area contributed by atoms with Crippen molar-refractivity contribution in [1.82, 2.24) is 10.0 Å². The molecule has 5 nitrogen and oxygen atoms in total. The fraction of sp³-hybridized carbons (Fsp3) is 0.632. The van der Waals surface area contributed by atoms with E-state index in [1.807, 2.05) is 0 Å². The summed E-state index contributed by atoms with van der Waals surface area (Å²) in [5.74, 6) is -0.0347. The van der Waals surface area contributed by atoms with Crippen LogP contribution < -0.4 is 10.0 Å². The van der Waals surface area contributed by atoms with Crippen LogP contribution in [-0.2, 0) is 21.4 Å². The van der Waals surface area contributed by atoms with Gasteiger partial charge in [0.1, 0.15) is 0 Å². The molecule has 2 N–H and O–H groups in total. The van der Waals surface area contributed by atoms with Crippen LogP contribution in [-0.4, -0.2) is 19.9 Å². The Morgan fingerprint density at radius 2 is 1.68 bits per heavy atom. The van der Waals surface area contributed by atoms with Crippen molar-refractivity contribution in [2.75, 3.05) is 0 Å². The summed E-state index contributed by atoms with van der Waals surface area (Å²) in [6.45, 7) is 7.77. The Bertz CT molecular complexity index is 649. The van der Waals surface area contributed by atoms with Gasteiger partial charge in [-0.2, -0.15) is 0 Å². The van der Waals surface area contributed by atoms with Gasteiger partial charge in [0, 0.05) is 18.5 Å². The maximum absolute atomic E-state index is 12.6.